The number of halogens is 2. The van der Waals surface area contributed by atoms with Crippen LogP contribution in [0.25, 0.3) is 10.9 Å². The quantitative estimate of drug-likeness (QED) is 0.540. The number of nitrogens with zero attached hydrogens (tertiary/aromatic N) is 2. The van der Waals surface area contributed by atoms with E-state index in [1.54, 1.807) is 0 Å². The normalized spacial score (nSPS) is 12.3. The van der Waals surface area contributed by atoms with Gasteiger partial charge in [-0.05, 0) is 6.07 Å². The highest BCUT2D eigenvalue weighted by Crippen LogP contribution is 2.22. The van der Waals surface area contributed by atoms with Gasteiger partial charge in [-0.2, -0.15) is 5.10 Å². The van der Waals surface area contributed by atoms with Crippen LogP contribution in [0.15, 0.2) is 18.2 Å². The molecule has 2 rings (SSSR count). The van der Waals surface area contributed by atoms with Gasteiger partial charge in [0.1, 0.15) is 6.04 Å². The van der Waals surface area contributed by atoms with Crippen LogP contribution in [0.1, 0.15) is 16.9 Å². The van der Waals surface area contributed by atoms with E-state index in [1.165, 1.54) is 12.1 Å². The van der Waals surface area contributed by atoms with E-state index in [0.29, 0.717) is 5.52 Å². The highest BCUT2D eigenvalue weighted by molar-refractivity contribution is 6.06. The predicted molar refractivity (Wildman–Crippen MR) is 72.3 cm³/mol. The standard InChI is InChI=1S/C12H10F2N4O5/c13-9(14)4-8(12(20)21)15-11(19)10-6-3-5(18(22)23)1-2-7(6)16-17-10/h1-3,8-9H,4H2,(H,15,19)(H,16,17)(H,20,21). The number of benzene rings is 1. The number of amides is 1. The van der Waals surface area contributed by atoms with Crippen LogP contribution in [-0.2, 0) is 4.79 Å². The number of nitro groups is 1. The molecule has 1 heterocycles. The van der Waals surface area contributed by atoms with E-state index in [4.69, 9.17) is 5.11 Å². The van der Waals surface area contributed by atoms with Gasteiger partial charge in [0.15, 0.2) is 5.69 Å². The molecule has 0 radical (unpaired) electrons. The number of nitrogens with one attached hydrogen (secondary N) is 2. The maximum atomic E-state index is 12.3. The van der Waals surface area contributed by atoms with E-state index in [2.05, 4.69) is 10.2 Å². The first kappa shape index (κ1) is 16.3. The number of fused-ring (bicyclic) bond motifs is 1. The summed E-state index contributed by atoms with van der Waals surface area (Å²) in [5, 5.41) is 27.7. The first-order valence-electron chi connectivity index (χ1n) is 6.24. The van der Waals surface area contributed by atoms with E-state index in [9.17, 15) is 28.5 Å². The zero-order chi connectivity index (χ0) is 17.1. The lowest BCUT2D eigenvalue weighted by atomic mass is 10.1. The van der Waals surface area contributed by atoms with Crippen LogP contribution in [0.4, 0.5) is 14.5 Å². The molecule has 0 fully saturated rings. The number of carboxylic acids is 1. The molecule has 11 heteroatoms. The van der Waals surface area contributed by atoms with Gasteiger partial charge < -0.3 is 10.4 Å². The van der Waals surface area contributed by atoms with Gasteiger partial charge in [-0.1, -0.05) is 0 Å². The Morgan fingerprint density at radius 1 is 1.43 bits per heavy atom. The summed E-state index contributed by atoms with van der Waals surface area (Å²) >= 11 is 0. The maximum Gasteiger partial charge on any atom is 0.326 e. The summed E-state index contributed by atoms with van der Waals surface area (Å²) in [7, 11) is 0. The number of aromatic nitrogens is 2. The fourth-order valence-electron chi connectivity index (χ4n) is 1.91. The van der Waals surface area contributed by atoms with Gasteiger partial charge in [0.25, 0.3) is 11.6 Å². The first-order valence-corrected chi connectivity index (χ1v) is 6.24. The van der Waals surface area contributed by atoms with Crippen LogP contribution in [0.3, 0.4) is 0 Å². The number of aromatic amines is 1. The minimum atomic E-state index is -2.92. The molecule has 23 heavy (non-hydrogen) atoms. The predicted octanol–water partition coefficient (Wildman–Crippen LogP) is 1.31. The average Bonchev–Trinajstić information content (AvgIpc) is 2.88. The molecule has 0 saturated heterocycles. The Morgan fingerprint density at radius 3 is 2.70 bits per heavy atom. The molecule has 0 aliphatic carbocycles. The topological polar surface area (TPSA) is 138 Å². The molecular formula is C12H10F2N4O5. The summed E-state index contributed by atoms with van der Waals surface area (Å²) in [6.45, 7) is 0. The van der Waals surface area contributed by atoms with Crippen molar-refractivity contribution in [2.75, 3.05) is 0 Å². The van der Waals surface area contributed by atoms with Crippen LogP contribution < -0.4 is 5.32 Å². The summed E-state index contributed by atoms with van der Waals surface area (Å²) in [5.41, 5.74) is -0.305. The molecule has 1 aromatic heterocycles. The SMILES string of the molecule is O=C(NC(CC(F)F)C(=O)O)c1n[nH]c2ccc([N+](=O)[O-])cc12. The zero-order valence-corrected chi connectivity index (χ0v) is 11.3. The summed E-state index contributed by atoms with van der Waals surface area (Å²) < 4.78 is 24.6. The smallest absolute Gasteiger partial charge is 0.326 e. The van der Waals surface area contributed by atoms with Crippen LogP contribution in [0.2, 0.25) is 0 Å². The number of non-ortho nitro benzene ring substituents is 1. The summed E-state index contributed by atoms with van der Waals surface area (Å²) in [5.74, 6) is -2.64. The van der Waals surface area contributed by atoms with Gasteiger partial charge in [-0.15, -0.1) is 0 Å². The average molecular weight is 328 g/mol. The monoisotopic (exact) mass is 328 g/mol. The Balaban J connectivity index is 2.31. The summed E-state index contributed by atoms with van der Waals surface area (Å²) in [6, 6.07) is 1.80. The lowest BCUT2D eigenvalue weighted by Gasteiger charge is -2.12. The zero-order valence-electron chi connectivity index (χ0n) is 11.3. The van der Waals surface area contributed by atoms with Gasteiger partial charge in [-0.25, -0.2) is 13.6 Å². The van der Waals surface area contributed by atoms with Crippen molar-refractivity contribution in [1.82, 2.24) is 15.5 Å². The van der Waals surface area contributed by atoms with Crippen molar-refractivity contribution in [1.29, 1.82) is 0 Å². The second-order valence-electron chi connectivity index (χ2n) is 4.55. The Morgan fingerprint density at radius 2 is 2.13 bits per heavy atom. The molecule has 0 aliphatic rings. The molecule has 3 N–H and O–H groups in total. The van der Waals surface area contributed by atoms with Crippen molar-refractivity contribution in [2.24, 2.45) is 0 Å². The fourth-order valence-corrected chi connectivity index (χ4v) is 1.91. The second kappa shape index (κ2) is 6.34. The number of aliphatic carboxylic acids is 1. The van der Waals surface area contributed by atoms with Gasteiger partial charge in [0.2, 0.25) is 6.43 Å². The van der Waals surface area contributed by atoms with Crippen molar-refractivity contribution in [3.63, 3.8) is 0 Å². The van der Waals surface area contributed by atoms with Gasteiger partial charge >= 0.3 is 5.97 Å². The number of hydrogen-bond donors (Lipinski definition) is 3. The largest absolute Gasteiger partial charge is 0.480 e. The Hall–Kier alpha value is -3.11. The number of H-pyrrole nitrogens is 1. The van der Waals surface area contributed by atoms with Gasteiger partial charge in [0, 0.05) is 23.9 Å². The van der Waals surface area contributed by atoms with Gasteiger partial charge in [-0.3, -0.25) is 20.0 Å². The van der Waals surface area contributed by atoms with E-state index in [1.807, 2.05) is 5.32 Å². The number of rotatable bonds is 6. The Bertz CT molecular complexity index is 776. The third kappa shape index (κ3) is 3.56. The molecule has 0 saturated carbocycles. The number of carbonyl (C=O) groups is 2. The van der Waals surface area contributed by atoms with Crippen molar-refractivity contribution < 1.29 is 28.4 Å². The molecule has 2 aromatic rings. The van der Waals surface area contributed by atoms with Crippen LogP contribution in [-0.4, -0.2) is 44.6 Å². The van der Waals surface area contributed by atoms with Crippen molar-refractivity contribution in [2.45, 2.75) is 18.9 Å². The Kier molecular flexibility index (Phi) is 4.48. The molecule has 0 bridgehead atoms. The first-order chi connectivity index (χ1) is 10.8. The molecule has 0 aliphatic heterocycles. The molecule has 0 spiro atoms. The molecule has 1 aromatic carbocycles. The molecule has 1 atom stereocenters. The molecule has 122 valence electrons. The van der Waals surface area contributed by atoms with Gasteiger partial charge in [0.05, 0.1) is 10.4 Å². The van der Waals surface area contributed by atoms with Crippen LogP contribution >= 0.6 is 0 Å². The molecular weight excluding hydrogens is 318 g/mol. The van der Waals surface area contributed by atoms with Crippen molar-refractivity contribution >= 4 is 28.5 Å². The van der Waals surface area contributed by atoms with E-state index in [-0.39, 0.29) is 16.8 Å². The maximum absolute atomic E-state index is 12.3. The molecule has 9 nitrogen and oxygen atoms in total. The van der Waals surface area contributed by atoms with E-state index >= 15 is 0 Å². The number of hydrogen-bond acceptors (Lipinski definition) is 5. The number of nitro benzene ring substituents is 1. The lowest BCUT2D eigenvalue weighted by molar-refractivity contribution is -0.384. The van der Waals surface area contributed by atoms with E-state index < -0.39 is 35.7 Å². The van der Waals surface area contributed by atoms with Crippen molar-refractivity contribution in [3.8, 4) is 0 Å². The van der Waals surface area contributed by atoms with Crippen molar-refractivity contribution in [3.05, 3.63) is 34.0 Å². The third-order valence-electron chi connectivity index (χ3n) is 2.99. The lowest BCUT2D eigenvalue weighted by Crippen LogP contribution is -2.42. The Labute approximate surface area is 126 Å². The highest BCUT2D eigenvalue weighted by atomic mass is 19.3. The molecule has 1 unspecified atom stereocenters. The van der Waals surface area contributed by atoms with E-state index in [0.717, 1.165) is 6.07 Å². The number of carboxylic acid groups (broad SMARTS) is 1. The second-order valence-corrected chi connectivity index (χ2v) is 4.55. The highest BCUT2D eigenvalue weighted by Gasteiger charge is 2.26. The minimum absolute atomic E-state index is 0.0814. The van der Waals surface area contributed by atoms with Crippen LogP contribution in [0.5, 0.6) is 0 Å². The summed E-state index contributed by atoms with van der Waals surface area (Å²) in [4.78, 5) is 33.0. The fraction of sp³-hybridized carbons (Fsp3) is 0.250. The number of alkyl halides is 2. The minimum Gasteiger partial charge on any atom is -0.480 e. The third-order valence-corrected chi connectivity index (χ3v) is 2.99. The number of carbonyl (C=O) groups excluding carboxylic acids is 1. The summed E-state index contributed by atoms with van der Waals surface area (Å²) in [6.07, 6.45) is -3.99. The molecule has 1 amide bonds. The van der Waals surface area contributed by atoms with Crippen LogP contribution in [0, 0.1) is 10.1 Å².